The Morgan fingerprint density at radius 3 is 2.07 bits per heavy atom. The number of esters is 1. The number of carboxylic acids is 1. The number of hydrogen-bond acceptors (Lipinski definition) is 5. The lowest BCUT2D eigenvalue weighted by Crippen LogP contribution is -2.47. The van der Waals surface area contributed by atoms with Gasteiger partial charge in [-0.25, -0.2) is 4.79 Å². The standard InChI is InChI=1S/C21H21NO6/c1-21(18(23)24,19(25)27-2)12-22-20(26)28-11-17-15-9-5-3-7-13(15)14-8-4-6-10-16(14)17/h3-10,17H,11-12H2,1-2H3,(H,22,26)(H,23,24). The third-order valence-corrected chi connectivity index (χ3v) is 5.04. The molecule has 1 aliphatic rings. The first kappa shape index (κ1) is 19.4. The van der Waals surface area contributed by atoms with Crippen LogP contribution >= 0.6 is 0 Å². The van der Waals surface area contributed by atoms with Gasteiger partial charge in [0.1, 0.15) is 6.61 Å². The van der Waals surface area contributed by atoms with Gasteiger partial charge in [-0.1, -0.05) is 48.5 Å². The van der Waals surface area contributed by atoms with Crippen LogP contribution in [-0.2, 0) is 19.1 Å². The highest BCUT2D eigenvalue weighted by Crippen LogP contribution is 2.44. The Bertz CT molecular complexity index is 879. The minimum absolute atomic E-state index is 0.0991. The number of alkyl carbamates (subject to hydrolysis) is 1. The molecule has 146 valence electrons. The van der Waals surface area contributed by atoms with Crippen molar-refractivity contribution in [1.82, 2.24) is 5.32 Å². The maximum atomic E-state index is 12.1. The van der Waals surface area contributed by atoms with Crippen LogP contribution in [0.15, 0.2) is 48.5 Å². The summed E-state index contributed by atoms with van der Waals surface area (Å²) in [7, 11) is 1.09. The second kappa shape index (κ2) is 7.72. The number of carboxylic acid groups (broad SMARTS) is 1. The predicted octanol–water partition coefficient (Wildman–Crippen LogP) is 2.79. The lowest BCUT2D eigenvalue weighted by atomic mass is 9.91. The predicted molar refractivity (Wildman–Crippen MR) is 101 cm³/mol. The van der Waals surface area contributed by atoms with Crippen molar-refractivity contribution in [3.63, 3.8) is 0 Å². The minimum Gasteiger partial charge on any atom is -0.480 e. The van der Waals surface area contributed by atoms with Gasteiger partial charge in [-0.05, 0) is 29.2 Å². The third kappa shape index (κ3) is 3.43. The molecule has 0 radical (unpaired) electrons. The van der Waals surface area contributed by atoms with Crippen LogP contribution in [0.3, 0.4) is 0 Å². The van der Waals surface area contributed by atoms with Crippen LogP contribution in [0, 0.1) is 5.41 Å². The zero-order chi connectivity index (χ0) is 20.3. The van der Waals surface area contributed by atoms with E-state index in [0.29, 0.717) is 0 Å². The van der Waals surface area contributed by atoms with Crippen LogP contribution in [0.1, 0.15) is 24.0 Å². The Labute approximate surface area is 162 Å². The lowest BCUT2D eigenvalue weighted by molar-refractivity contribution is -0.165. The van der Waals surface area contributed by atoms with Crippen molar-refractivity contribution in [2.45, 2.75) is 12.8 Å². The number of fused-ring (bicyclic) bond motifs is 3. The van der Waals surface area contributed by atoms with Gasteiger partial charge in [-0.15, -0.1) is 0 Å². The quantitative estimate of drug-likeness (QED) is 0.587. The largest absolute Gasteiger partial charge is 0.480 e. The number of aliphatic carboxylic acids is 1. The maximum Gasteiger partial charge on any atom is 0.407 e. The molecule has 1 amide bonds. The van der Waals surface area contributed by atoms with Crippen LogP contribution in [0.5, 0.6) is 0 Å². The molecule has 2 N–H and O–H groups in total. The molecule has 0 spiro atoms. The summed E-state index contributed by atoms with van der Waals surface area (Å²) >= 11 is 0. The number of methoxy groups -OCH3 is 1. The normalized spacial score (nSPS) is 14.4. The summed E-state index contributed by atoms with van der Waals surface area (Å²) in [5.74, 6) is -2.44. The van der Waals surface area contributed by atoms with Gasteiger partial charge in [0, 0.05) is 12.5 Å². The first-order valence-corrected chi connectivity index (χ1v) is 8.79. The van der Waals surface area contributed by atoms with Crippen LogP contribution < -0.4 is 5.32 Å². The first-order chi connectivity index (χ1) is 13.4. The Morgan fingerprint density at radius 1 is 1.04 bits per heavy atom. The highest BCUT2D eigenvalue weighted by molar-refractivity contribution is 5.99. The lowest BCUT2D eigenvalue weighted by Gasteiger charge is -2.22. The van der Waals surface area contributed by atoms with E-state index in [9.17, 15) is 19.5 Å². The third-order valence-electron chi connectivity index (χ3n) is 5.04. The summed E-state index contributed by atoms with van der Waals surface area (Å²) in [6.07, 6.45) is -0.793. The van der Waals surface area contributed by atoms with E-state index in [0.717, 1.165) is 29.4 Å². The zero-order valence-electron chi connectivity index (χ0n) is 15.6. The molecule has 7 nitrogen and oxygen atoms in total. The summed E-state index contributed by atoms with van der Waals surface area (Å²) in [6, 6.07) is 15.9. The summed E-state index contributed by atoms with van der Waals surface area (Å²) in [4.78, 5) is 35.2. The Kier molecular flexibility index (Phi) is 5.35. The fourth-order valence-electron chi connectivity index (χ4n) is 3.36. The van der Waals surface area contributed by atoms with Gasteiger partial charge in [-0.2, -0.15) is 0 Å². The van der Waals surface area contributed by atoms with Crippen LogP contribution in [0.4, 0.5) is 4.79 Å². The minimum atomic E-state index is -1.89. The average molecular weight is 383 g/mol. The highest BCUT2D eigenvalue weighted by Gasteiger charge is 2.43. The molecular weight excluding hydrogens is 362 g/mol. The van der Waals surface area contributed by atoms with Crippen molar-refractivity contribution < 1.29 is 29.0 Å². The van der Waals surface area contributed by atoms with Gasteiger partial charge in [0.15, 0.2) is 5.41 Å². The summed E-state index contributed by atoms with van der Waals surface area (Å²) < 4.78 is 9.85. The number of carbonyl (C=O) groups excluding carboxylic acids is 2. The van der Waals surface area contributed by atoms with Crippen LogP contribution in [0.2, 0.25) is 0 Å². The van der Waals surface area contributed by atoms with E-state index in [2.05, 4.69) is 10.1 Å². The fourth-order valence-corrected chi connectivity index (χ4v) is 3.36. The monoisotopic (exact) mass is 383 g/mol. The molecule has 2 aromatic carbocycles. The molecule has 1 unspecified atom stereocenters. The maximum absolute atomic E-state index is 12.1. The van der Waals surface area contributed by atoms with E-state index in [-0.39, 0.29) is 12.5 Å². The zero-order valence-corrected chi connectivity index (χ0v) is 15.6. The van der Waals surface area contributed by atoms with Gasteiger partial charge >= 0.3 is 18.0 Å². The highest BCUT2D eigenvalue weighted by atomic mass is 16.5. The molecule has 0 saturated carbocycles. The van der Waals surface area contributed by atoms with Crippen LogP contribution in [-0.4, -0.2) is 43.4 Å². The second-order valence-electron chi connectivity index (χ2n) is 6.81. The molecule has 1 atom stereocenters. The van der Waals surface area contributed by atoms with Gasteiger partial charge in [-0.3, -0.25) is 9.59 Å². The molecule has 2 aromatic rings. The Morgan fingerprint density at radius 2 is 1.57 bits per heavy atom. The fraction of sp³-hybridized carbons (Fsp3) is 0.286. The average Bonchev–Trinajstić information content (AvgIpc) is 3.03. The summed E-state index contributed by atoms with van der Waals surface area (Å²) in [5, 5.41) is 11.6. The molecule has 0 saturated heterocycles. The van der Waals surface area contributed by atoms with Crippen molar-refractivity contribution in [2.24, 2.45) is 5.41 Å². The molecule has 28 heavy (non-hydrogen) atoms. The SMILES string of the molecule is COC(=O)C(C)(CNC(=O)OCC1c2ccccc2-c2ccccc21)C(=O)O. The van der Waals surface area contributed by atoms with E-state index in [4.69, 9.17) is 4.74 Å². The van der Waals surface area contributed by atoms with E-state index >= 15 is 0 Å². The van der Waals surface area contributed by atoms with E-state index in [1.807, 2.05) is 48.5 Å². The topological polar surface area (TPSA) is 102 Å². The van der Waals surface area contributed by atoms with E-state index in [1.54, 1.807) is 0 Å². The summed E-state index contributed by atoms with van der Waals surface area (Å²) in [5.41, 5.74) is 2.47. The molecule has 7 heteroatoms. The first-order valence-electron chi connectivity index (χ1n) is 8.79. The van der Waals surface area contributed by atoms with Gasteiger partial charge in [0.05, 0.1) is 7.11 Å². The van der Waals surface area contributed by atoms with Crippen molar-refractivity contribution >= 4 is 18.0 Å². The summed E-state index contributed by atoms with van der Waals surface area (Å²) in [6.45, 7) is 0.846. The van der Waals surface area contributed by atoms with E-state index < -0.39 is 30.0 Å². The molecule has 3 rings (SSSR count). The van der Waals surface area contributed by atoms with E-state index in [1.165, 1.54) is 6.92 Å². The molecule has 0 fully saturated rings. The van der Waals surface area contributed by atoms with Crippen molar-refractivity contribution in [3.8, 4) is 11.1 Å². The smallest absolute Gasteiger partial charge is 0.407 e. The Balaban J connectivity index is 1.67. The number of rotatable bonds is 6. The van der Waals surface area contributed by atoms with Crippen molar-refractivity contribution in [3.05, 3.63) is 59.7 Å². The van der Waals surface area contributed by atoms with Gasteiger partial charge < -0.3 is 19.9 Å². The second-order valence-corrected chi connectivity index (χ2v) is 6.81. The van der Waals surface area contributed by atoms with Crippen molar-refractivity contribution in [2.75, 3.05) is 20.3 Å². The number of benzene rings is 2. The Hall–Kier alpha value is -3.35. The molecule has 0 aromatic heterocycles. The number of nitrogens with one attached hydrogen (secondary N) is 1. The molecule has 1 aliphatic carbocycles. The number of carbonyl (C=O) groups is 3. The van der Waals surface area contributed by atoms with Crippen molar-refractivity contribution in [1.29, 1.82) is 0 Å². The van der Waals surface area contributed by atoms with Gasteiger partial charge in [0.2, 0.25) is 0 Å². The number of amides is 1. The molecular formula is C21H21NO6. The molecule has 0 aliphatic heterocycles. The van der Waals surface area contributed by atoms with Crippen LogP contribution in [0.25, 0.3) is 11.1 Å². The number of ether oxygens (including phenoxy) is 2. The molecule has 0 bridgehead atoms. The van der Waals surface area contributed by atoms with Gasteiger partial charge in [0.25, 0.3) is 0 Å². The molecule has 0 heterocycles. The number of hydrogen-bond donors (Lipinski definition) is 2.